The van der Waals surface area contributed by atoms with Gasteiger partial charge in [0.15, 0.2) is 0 Å². The molecule has 0 aromatic heterocycles. The highest BCUT2D eigenvalue weighted by atomic mass is 35.5. The molecule has 1 aliphatic rings. The Labute approximate surface area is 201 Å². The fourth-order valence-electron chi connectivity index (χ4n) is 4.79. The van der Waals surface area contributed by atoms with E-state index in [1.807, 2.05) is 13.8 Å². The third-order valence-corrected chi connectivity index (χ3v) is 6.97. The minimum absolute atomic E-state index is 0.0132. The van der Waals surface area contributed by atoms with Gasteiger partial charge in [-0.25, -0.2) is 14.3 Å². The normalized spacial score (nSPS) is 25.2. The van der Waals surface area contributed by atoms with Crippen LogP contribution in [0.25, 0.3) is 0 Å². The van der Waals surface area contributed by atoms with Gasteiger partial charge in [-0.2, -0.15) is 5.11 Å². The van der Waals surface area contributed by atoms with E-state index in [0.717, 1.165) is 6.07 Å². The minimum Gasteiger partial charge on any atom is -0.480 e. The zero-order valence-electron chi connectivity index (χ0n) is 18.2. The largest absolute Gasteiger partial charge is 0.480 e. The fourth-order valence-corrected chi connectivity index (χ4v) is 5.13. The van der Waals surface area contributed by atoms with E-state index in [1.54, 1.807) is 0 Å². The zero-order chi connectivity index (χ0) is 24.6. The molecule has 2 aromatic carbocycles. The molecule has 1 fully saturated rings. The molecule has 10 heteroatoms. The van der Waals surface area contributed by atoms with Crippen molar-refractivity contribution in [2.75, 3.05) is 6.54 Å². The first-order chi connectivity index (χ1) is 15.4. The van der Waals surface area contributed by atoms with E-state index < -0.39 is 46.6 Å². The Morgan fingerprint density at radius 2 is 2.00 bits per heavy atom. The van der Waals surface area contributed by atoms with Crippen molar-refractivity contribution in [3.8, 4) is 0 Å². The van der Waals surface area contributed by atoms with Crippen molar-refractivity contribution in [2.45, 2.75) is 50.2 Å². The van der Waals surface area contributed by atoms with Crippen molar-refractivity contribution in [2.24, 2.45) is 16.3 Å². The van der Waals surface area contributed by atoms with Crippen LogP contribution in [-0.2, 0) is 10.3 Å². The summed E-state index contributed by atoms with van der Waals surface area (Å²) in [4.78, 5) is 12.3. The number of rotatable bonds is 8. The van der Waals surface area contributed by atoms with Gasteiger partial charge in [0.1, 0.15) is 17.7 Å². The van der Waals surface area contributed by atoms with E-state index in [9.17, 15) is 9.90 Å². The van der Waals surface area contributed by atoms with Crippen LogP contribution in [0.15, 0.2) is 41.5 Å². The SMILES string of the molecule is CC(C)(CCN=N)CC1NC(C(=O)O)C(c2cccc(Cl)c2F)C1(N)c1ccc(Cl)cc1F. The van der Waals surface area contributed by atoms with E-state index in [-0.39, 0.29) is 27.7 Å². The topological polar surface area (TPSA) is 112 Å². The number of hydrogen-bond acceptors (Lipinski definition) is 5. The number of carbonyl (C=O) groups is 1. The van der Waals surface area contributed by atoms with Gasteiger partial charge in [-0.1, -0.05) is 55.2 Å². The Bertz CT molecular complexity index is 1070. The van der Waals surface area contributed by atoms with Crippen LogP contribution in [-0.4, -0.2) is 29.7 Å². The second kappa shape index (κ2) is 9.62. The molecular weight excluding hydrogens is 473 g/mol. The Morgan fingerprint density at radius 3 is 2.61 bits per heavy atom. The van der Waals surface area contributed by atoms with Gasteiger partial charge in [0.25, 0.3) is 0 Å². The third kappa shape index (κ3) is 4.89. The third-order valence-electron chi connectivity index (χ3n) is 6.44. The number of nitrogens with zero attached hydrogens (tertiary/aromatic N) is 1. The van der Waals surface area contributed by atoms with Gasteiger partial charge in [-0.15, -0.1) is 0 Å². The Hall–Kier alpha value is -2.13. The molecule has 0 amide bonds. The monoisotopic (exact) mass is 498 g/mol. The molecule has 6 nitrogen and oxygen atoms in total. The lowest BCUT2D eigenvalue weighted by atomic mass is 9.67. The quantitative estimate of drug-likeness (QED) is 0.361. The van der Waals surface area contributed by atoms with Crippen LogP contribution in [0.5, 0.6) is 0 Å². The molecule has 33 heavy (non-hydrogen) atoms. The number of halogens is 4. The van der Waals surface area contributed by atoms with Gasteiger partial charge in [0.2, 0.25) is 0 Å². The lowest BCUT2D eigenvalue weighted by Crippen LogP contribution is -2.52. The number of benzene rings is 2. The molecule has 3 rings (SSSR count). The van der Waals surface area contributed by atoms with E-state index in [4.69, 9.17) is 34.5 Å². The van der Waals surface area contributed by atoms with Crippen molar-refractivity contribution in [1.82, 2.24) is 5.32 Å². The summed E-state index contributed by atoms with van der Waals surface area (Å²) in [5.74, 6) is -3.93. The van der Waals surface area contributed by atoms with Crippen LogP contribution in [0.2, 0.25) is 10.0 Å². The lowest BCUT2D eigenvalue weighted by Gasteiger charge is -2.40. The predicted molar refractivity (Wildman–Crippen MR) is 123 cm³/mol. The van der Waals surface area contributed by atoms with Crippen molar-refractivity contribution >= 4 is 29.2 Å². The van der Waals surface area contributed by atoms with Crippen molar-refractivity contribution in [1.29, 1.82) is 5.53 Å². The van der Waals surface area contributed by atoms with E-state index >= 15 is 8.78 Å². The van der Waals surface area contributed by atoms with E-state index in [0.29, 0.717) is 12.8 Å². The van der Waals surface area contributed by atoms with E-state index in [2.05, 4.69) is 10.4 Å². The molecule has 178 valence electrons. The minimum atomic E-state index is -1.65. The Kier molecular flexibility index (Phi) is 7.43. The molecule has 0 radical (unpaired) electrons. The van der Waals surface area contributed by atoms with Crippen LogP contribution in [0, 0.1) is 22.6 Å². The van der Waals surface area contributed by atoms with Gasteiger partial charge in [-0.05, 0) is 42.0 Å². The van der Waals surface area contributed by atoms with Gasteiger partial charge in [-0.3, -0.25) is 10.1 Å². The van der Waals surface area contributed by atoms with Gasteiger partial charge in [0, 0.05) is 22.5 Å². The molecular formula is C23H26Cl2F2N4O2. The fraction of sp³-hybridized carbons (Fsp3) is 0.435. The van der Waals surface area contributed by atoms with Gasteiger partial charge in [0.05, 0.1) is 17.1 Å². The summed E-state index contributed by atoms with van der Waals surface area (Å²) in [6.45, 7) is 4.14. The standard InChI is InChI=1S/C23H26Cl2F2N4O2/c1-22(2,8-9-30-29)11-17-23(28,14-7-6-12(24)10-16(14)26)18(20(31-17)21(32)33)13-4-3-5-15(25)19(13)27/h3-7,10,17-18,20,29,31H,8-9,11,28H2,1-2H3,(H,32,33). The zero-order valence-corrected chi connectivity index (χ0v) is 19.7. The number of nitrogens with one attached hydrogen (secondary N) is 2. The van der Waals surface area contributed by atoms with Crippen molar-refractivity contribution in [3.05, 3.63) is 69.2 Å². The summed E-state index contributed by atoms with van der Waals surface area (Å²) < 4.78 is 30.4. The van der Waals surface area contributed by atoms with Crippen LogP contribution < -0.4 is 11.1 Å². The van der Waals surface area contributed by atoms with Crippen LogP contribution in [0.1, 0.15) is 43.7 Å². The number of nitrogens with two attached hydrogens (primary N) is 1. The number of carboxylic acid groups (broad SMARTS) is 1. The first kappa shape index (κ1) is 25.5. The highest BCUT2D eigenvalue weighted by Gasteiger charge is 2.58. The number of carboxylic acids is 1. The first-order valence-corrected chi connectivity index (χ1v) is 11.2. The summed E-state index contributed by atoms with van der Waals surface area (Å²) in [6, 6.07) is 6.21. The lowest BCUT2D eigenvalue weighted by molar-refractivity contribution is -0.139. The summed E-state index contributed by atoms with van der Waals surface area (Å²) in [6.07, 6.45) is 0.853. The maximum atomic E-state index is 15.3. The molecule has 0 bridgehead atoms. The summed E-state index contributed by atoms with van der Waals surface area (Å²) in [5, 5.41) is 16.4. The summed E-state index contributed by atoms with van der Waals surface area (Å²) >= 11 is 12.0. The maximum absolute atomic E-state index is 15.3. The molecule has 1 heterocycles. The molecule has 0 aliphatic carbocycles. The summed E-state index contributed by atoms with van der Waals surface area (Å²) in [7, 11) is 0. The summed E-state index contributed by atoms with van der Waals surface area (Å²) in [5.41, 5.74) is 12.0. The Balaban J connectivity index is 2.24. The highest BCUT2D eigenvalue weighted by Crippen LogP contribution is 2.50. The predicted octanol–water partition coefficient (Wildman–Crippen LogP) is 5.47. The molecule has 0 saturated carbocycles. The molecule has 0 spiro atoms. The molecule has 4 unspecified atom stereocenters. The molecule has 1 saturated heterocycles. The highest BCUT2D eigenvalue weighted by molar-refractivity contribution is 6.31. The molecule has 1 aliphatic heterocycles. The van der Waals surface area contributed by atoms with Crippen LogP contribution >= 0.6 is 23.2 Å². The first-order valence-electron chi connectivity index (χ1n) is 10.4. The average molecular weight is 499 g/mol. The second-order valence-electron chi connectivity index (χ2n) is 9.21. The maximum Gasteiger partial charge on any atom is 0.321 e. The van der Waals surface area contributed by atoms with E-state index in [1.165, 1.54) is 30.3 Å². The molecule has 4 atom stereocenters. The average Bonchev–Trinajstić information content (AvgIpc) is 3.01. The van der Waals surface area contributed by atoms with Crippen molar-refractivity contribution in [3.63, 3.8) is 0 Å². The molecule has 5 N–H and O–H groups in total. The number of aliphatic carboxylic acids is 1. The number of hydrogen-bond donors (Lipinski definition) is 4. The Morgan fingerprint density at radius 1 is 1.30 bits per heavy atom. The smallest absolute Gasteiger partial charge is 0.321 e. The van der Waals surface area contributed by atoms with Crippen molar-refractivity contribution < 1.29 is 18.7 Å². The molecule has 2 aromatic rings. The van der Waals surface area contributed by atoms with Gasteiger partial charge >= 0.3 is 5.97 Å². The second-order valence-corrected chi connectivity index (χ2v) is 10.1. The van der Waals surface area contributed by atoms with Crippen LogP contribution in [0.4, 0.5) is 8.78 Å². The van der Waals surface area contributed by atoms with Gasteiger partial charge < -0.3 is 10.8 Å². The van der Waals surface area contributed by atoms with Crippen LogP contribution in [0.3, 0.4) is 0 Å².